The topological polar surface area (TPSA) is 34.2 Å². The molecule has 1 aromatic heterocycles. The van der Waals surface area contributed by atoms with Crippen molar-refractivity contribution in [2.75, 3.05) is 13.7 Å². The normalized spacial score (nSPS) is 12.1. The molecule has 0 saturated heterocycles. The number of hydrogen-bond donors (Lipinski definition) is 1. The number of aromatic nitrogens is 1. The Balaban J connectivity index is 2.28. The molecule has 21 heavy (non-hydrogen) atoms. The SMILES string of the molecule is CCCNC(Cc1ccccc1Br)c1cccnc1OC. The van der Waals surface area contributed by atoms with Crippen LogP contribution in [0.5, 0.6) is 5.88 Å². The Morgan fingerprint density at radius 2 is 2.05 bits per heavy atom. The fourth-order valence-electron chi connectivity index (χ4n) is 2.33. The first kappa shape index (κ1) is 16.0. The molecule has 1 unspecified atom stereocenters. The van der Waals surface area contributed by atoms with Crippen molar-refractivity contribution in [3.63, 3.8) is 0 Å². The minimum atomic E-state index is 0.187. The molecular weight excluding hydrogens is 328 g/mol. The van der Waals surface area contributed by atoms with Crippen LogP contribution >= 0.6 is 15.9 Å². The average molecular weight is 349 g/mol. The zero-order valence-electron chi connectivity index (χ0n) is 12.5. The molecule has 112 valence electrons. The van der Waals surface area contributed by atoms with Gasteiger partial charge in [0.15, 0.2) is 0 Å². The van der Waals surface area contributed by atoms with Crippen LogP contribution in [-0.4, -0.2) is 18.6 Å². The van der Waals surface area contributed by atoms with Crippen LogP contribution in [0.15, 0.2) is 47.1 Å². The first-order chi connectivity index (χ1) is 10.3. The Kier molecular flexibility index (Phi) is 6.21. The van der Waals surface area contributed by atoms with E-state index >= 15 is 0 Å². The molecule has 2 rings (SSSR count). The molecule has 1 heterocycles. The summed E-state index contributed by atoms with van der Waals surface area (Å²) in [5, 5.41) is 3.60. The monoisotopic (exact) mass is 348 g/mol. The van der Waals surface area contributed by atoms with Gasteiger partial charge in [-0.2, -0.15) is 0 Å². The lowest BCUT2D eigenvalue weighted by Crippen LogP contribution is -2.25. The van der Waals surface area contributed by atoms with Gasteiger partial charge in [0, 0.05) is 22.3 Å². The summed E-state index contributed by atoms with van der Waals surface area (Å²) in [6.45, 7) is 3.14. The Hall–Kier alpha value is -1.39. The number of ether oxygens (including phenoxy) is 1. The molecular formula is C17H21BrN2O. The third-order valence-electron chi connectivity index (χ3n) is 3.39. The maximum absolute atomic E-state index is 5.41. The molecule has 1 atom stereocenters. The van der Waals surface area contributed by atoms with E-state index < -0.39 is 0 Å². The van der Waals surface area contributed by atoms with E-state index in [9.17, 15) is 0 Å². The molecule has 0 radical (unpaired) electrons. The van der Waals surface area contributed by atoms with Gasteiger partial charge in [-0.05, 0) is 37.1 Å². The predicted octanol–water partition coefficient (Wildman–Crippen LogP) is 4.14. The van der Waals surface area contributed by atoms with E-state index in [1.165, 1.54) is 5.56 Å². The largest absolute Gasteiger partial charge is 0.481 e. The average Bonchev–Trinajstić information content (AvgIpc) is 2.53. The number of hydrogen-bond acceptors (Lipinski definition) is 3. The highest BCUT2D eigenvalue weighted by Gasteiger charge is 2.17. The number of nitrogens with zero attached hydrogens (tertiary/aromatic N) is 1. The van der Waals surface area contributed by atoms with Crippen LogP contribution < -0.4 is 10.1 Å². The molecule has 0 saturated carbocycles. The molecule has 0 amide bonds. The van der Waals surface area contributed by atoms with Gasteiger partial charge in [0.1, 0.15) is 0 Å². The second-order valence-electron chi connectivity index (χ2n) is 4.90. The molecule has 1 N–H and O–H groups in total. The first-order valence-corrected chi connectivity index (χ1v) is 8.01. The summed E-state index contributed by atoms with van der Waals surface area (Å²) >= 11 is 3.63. The summed E-state index contributed by atoms with van der Waals surface area (Å²) in [6, 6.07) is 12.5. The molecule has 0 spiro atoms. The quantitative estimate of drug-likeness (QED) is 0.816. The van der Waals surface area contributed by atoms with Crippen molar-refractivity contribution in [3.8, 4) is 5.88 Å². The zero-order valence-corrected chi connectivity index (χ0v) is 14.1. The fraction of sp³-hybridized carbons (Fsp3) is 0.353. The van der Waals surface area contributed by atoms with Crippen molar-refractivity contribution >= 4 is 15.9 Å². The smallest absolute Gasteiger partial charge is 0.217 e. The predicted molar refractivity (Wildman–Crippen MR) is 89.7 cm³/mol. The maximum Gasteiger partial charge on any atom is 0.217 e. The second-order valence-corrected chi connectivity index (χ2v) is 5.76. The highest BCUT2D eigenvalue weighted by Crippen LogP contribution is 2.28. The number of benzene rings is 1. The van der Waals surface area contributed by atoms with Gasteiger partial charge in [-0.1, -0.05) is 47.1 Å². The number of pyridine rings is 1. The number of nitrogens with one attached hydrogen (secondary N) is 1. The fourth-order valence-corrected chi connectivity index (χ4v) is 2.78. The highest BCUT2D eigenvalue weighted by atomic mass is 79.9. The van der Waals surface area contributed by atoms with Crippen LogP contribution in [0.4, 0.5) is 0 Å². The van der Waals surface area contributed by atoms with Gasteiger partial charge in [-0.15, -0.1) is 0 Å². The van der Waals surface area contributed by atoms with E-state index in [4.69, 9.17) is 4.74 Å². The van der Waals surface area contributed by atoms with Crippen LogP contribution in [0.3, 0.4) is 0 Å². The van der Waals surface area contributed by atoms with Gasteiger partial charge in [0.05, 0.1) is 7.11 Å². The van der Waals surface area contributed by atoms with Gasteiger partial charge < -0.3 is 10.1 Å². The second kappa shape index (κ2) is 8.15. The molecule has 4 heteroatoms. The van der Waals surface area contributed by atoms with Crippen LogP contribution in [-0.2, 0) is 6.42 Å². The van der Waals surface area contributed by atoms with Crippen LogP contribution in [0.2, 0.25) is 0 Å². The van der Waals surface area contributed by atoms with E-state index in [2.05, 4.69) is 57.4 Å². The Labute approximate surface area is 134 Å². The molecule has 0 fully saturated rings. The zero-order chi connectivity index (χ0) is 15.1. The van der Waals surface area contributed by atoms with Crippen molar-refractivity contribution in [1.29, 1.82) is 0 Å². The maximum atomic E-state index is 5.41. The molecule has 0 bridgehead atoms. The number of halogens is 1. The van der Waals surface area contributed by atoms with E-state index in [-0.39, 0.29) is 6.04 Å². The molecule has 0 aliphatic carbocycles. The third-order valence-corrected chi connectivity index (χ3v) is 4.17. The molecule has 1 aromatic carbocycles. The van der Waals surface area contributed by atoms with Crippen molar-refractivity contribution in [2.24, 2.45) is 0 Å². The van der Waals surface area contributed by atoms with Crippen LogP contribution in [0.1, 0.15) is 30.5 Å². The molecule has 3 nitrogen and oxygen atoms in total. The van der Waals surface area contributed by atoms with Gasteiger partial charge in [0.2, 0.25) is 5.88 Å². The van der Waals surface area contributed by atoms with Crippen molar-refractivity contribution in [1.82, 2.24) is 10.3 Å². The van der Waals surface area contributed by atoms with Crippen LogP contribution in [0, 0.1) is 0 Å². The lowest BCUT2D eigenvalue weighted by atomic mass is 9.99. The first-order valence-electron chi connectivity index (χ1n) is 7.22. The lowest BCUT2D eigenvalue weighted by molar-refractivity contribution is 0.381. The van der Waals surface area contributed by atoms with E-state index in [0.717, 1.165) is 29.4 Å². The van der Waals surface area contributed by atoms with E-state index in [0.29, 0.717) is 5.88 Å². The van der Waals surface area contributed by atoms with Gasteiger partial charge in [-0.3, -0.25) is 0 Å². The summed E-state index contributed by atoms with van der Waals surface area (Å²) in [5.74, 6) is 0.693. The number of rotatable bonds is 7. The number of methoxy groups -OCH3 is 1. The van der Waals surface area contributed by atoms with E-state index in [1.54, 1.807) is 13.3 Å². The summed E-state index contributed by atoms with van der Waals surface area (Å²) in [5.41, 5.74) is 2.38. The standard InChI is InChI=1S/C17H21BrN2O/c1-3-10-19-16(12-13-7-4-5-9-15(13)18)14-8-6-11-20-17(14)21-2/h4-9,11,16,19H,3,10,12H2,1-2H3. The Morgan fingerprint density at radius 1 is 1.24 bits per heavy atom. The lowest BCUT2D eigenvalue weighted by Gasteiger charge is -2.21. The molecule has 2 aromatic rings. The van der Waals surface area contributed by atoms with Crippen LogP contribution in [0.25, 0.3) is 0 Å². The minimum absolute atomic E-state index is 0.187. The summed E-state index contributed by atoms with van der Waals surface area (Å²) in [4.78, 5) is 4.32. The summed E-state index contributed by atoms with van der Waals surface area (Å²) in [7, 11) is 1.67. The Bertz CT molecular complexity index is 574. The van der Waals surface area contributed by atoms with Gasteiger partial charge >= 0.3 is 0 Å². The van der Waals surface area contributed by atoms with Crippen molar-refractivity contribution in [2.45, 2.75) is 25.8 Å². The molecule has 0 aliphatic heterocycles. The van der Waals surface area contributed by atoms with Gasteiger partial charge in [0.25, 0.3) is 0 Å². The van der Waals surface area contributed by atoms with Gasteiger partial charge in [-0.25, -0.2) is 4.98 Å². The summed E-state index contributed by atoms with van der Waals surface area (Å²) < 4.78 is 6.55. The Morgan fingerprint density at radius 3 is 2.76 bits per heavy atom. The van der Waals surface area contributed by atoms with E-state index in [1.807, 2.05) is 12.1 Å². The van der Waals surface area contributed by atoms with Crippen molar-refractivity contribution in [3.05, 3.63) is 58.2 Å². The molecule has 0 aliphatic rings. The summed E-state index contributed by atoms with van der Waals surface area (Å²) in [6.07, 6.45) is 3.75. The third kappa shape index (κ3) is 4.29. The highest BCUT2D eigenvalue weighted by molar-refractivity contribution is 9.10. The van der Waals surface area contributed by atoms with Crippen molar-refractivity contribution < 1.29 is 4.74 Å². The minimum Gasteiger partial charge on any atom is -0.481 e.